The Hall–Kier alpha value is -1.41. The summed E-state index contributed by atoms with van der Waals surface area (Å²) in [5.74, 6) is 0.231. The van der Waals surface area contributed by atoms with Crippen LogP contribution in [0, 0.1) is 0 Å². The lowest BCUT2D eigenvalue weighted by molar-refractivity contribution is -0.116. The van der Waals surface area contributed by atoms with Crippen LogP contribution in [0.1, 0.15) is 18.9 Å². The minimum atomic E-state index is 0.231. The number of Topliss-reactive ketones (excluding diaryl/α,β-unsaturated/α-hetero) is 1. The Bertz CT molecular complexity index is 317. The van der Waals surface area contributed by atoms with Gasteiger partial charge in [-0.2, -0.15) is 0 Å². The van der Waals surface area contributed by atoms with Gasteiger partial charge >= 0.3 is 0 Å². The molecule has 0 spiro atoms. The first-order valence-electron chi connectivity index (χ1n) is 5.21. The summed E-state index contributed by atoms with van der Waals surface area (Å²) in [7, 11) is 0. The quantitative estimate of drug-likeness (QED) is 0.719. The fourth-order valence-electron chi connectivity index (χ4n) is 1.21. The Balaban J connectivity index is 2.15. The molecule has 1 aromatic carbocycles. The second kappa shape index (κ2) is 6.96. The molecule has 0 radical (unpaired) electrons. The average Bonchev–Trinajstić information content (AvgIpc) is 2.24. The minimum Gasteiger partial charge on any atom is -0.313 e. The number of hydrogen-bond acceptors (Lipinski definition) is 2. The first kappa shape index (κ1) is 11.7. The molecule has 0 bridgehead atoms. The summed E-state index contributed by atoms with van der Waals surface area (Å²) < 4.78 is 0. The zero-order chi connectivity index (χ0) is 10.9. The van der Waals surface area contributed by atoms with Gasteiger partial charge in [-0.05, 0) is 12.5 Å². The van der Waals surface area contributed by atoms with E-state index in [4.69, 9.17) is 0 Å². The first-order chi connectivity index (χ1) is 7.29. The molecule has 15 heavy (non-hydrogen) atoms. The third-order valence-electron chi connectivity index (χ3n) is 2.03. The Morgan fingerprint density at radius 1 is 1.33 bits per heavy atom. The number of nitrogens with one attached hydrogen (secondary N) is 1. The van der Waals surface area contributed by atoms with E-state index in [0.29, 0.717) is 6.42 Å². The number of hydrogen-bond donors (Lipinski definition) is 1. The van der Waals surface area contributed by atoms with Crippen molar-refractivity contribution in [1.29, 1.82) is 0 Å². The molecule has 1 rings (SSSR count). The van der Waals surface area contributed by atoms with Crippen molar-refractivity contribution < 1.29 is 4.79 Å². The molecule has 0 aliphatic rings. The molecule has 2 heteroatoms. The lowest BCUT2D eigenvalue weighted by Crippen LogP contribution is -2.16. The van der Waals surface area contributed by atoms with Crippen LogP contribution in [-0.2, 0) is 4.79 Å². The molecule has 2 nitrogen and oxygen atoms in total. The molecule has 0 unspecified atom stereocenters. The van der Waals surface area contributed by atoms with Gasteiger partial charge < -0.3 is 5.32 Å². The highest BCUT2D eigenvalue weighted by Crippen LogP contribution is 1.99. The van der Waals surface area contributed by atoms with Crippen molar-refractivity contribution in [3.63, 3.8) is 0 Å². The molecular weight excluding hydrogens is 186 g/mol. The fourth-order valence-corrected chi connectivity index (χ4v) is 1.21. The molecule has 80 valence electrons. The standard InChI is InChI=1S/C13H17NO/c1-12(15)9-11-14-10-5-8-13-6-3-2-4-7-13/h2-8,14H,9-11H2,1H3. The van der Waals surface area contributed by atoms with E-state index in [9.17, 15) is 4.79 Å². The van der Waals surface area contributed by atoms with Gasteiger partial charge in [-0.1, -0.05) is 42.5 Å². The third-order valence-corrected chi connectivity index (χ3v) is 2.03. The largest absolute Gasteiger partial charge is 0.313 e. The molecule has 0 fully saturated rings. The molecule has 0 saturated heterocycles. The van der Waals surface area contributed by atoms with E-state index >= 15 is 0 Å². The Morgan fingerprint density at radius 2 is 2.07 bits per heavy atom. The average molecular weight is 203 g/mol. The van der Waals surface area contributed by atoms with Crippen LogP contribution in [0.5, 0.6) is 0 Å². The summed E-state index contributed by atoms with van der Waals surface area (Å²) >= 11 is 0. The van der Waals surface area contributed by atoms with Crippen LogP contribution < -0.4 is 5.32 Å². The number of carbonyl (C=O) groups excluding carboxylic acids is 1. The first-order valence-corrected chi connectivity index (χ1v) is 5.21. The predicted octanol–water partition coefficient (Wildman–Crippen LogP) is 2.27. The van der Waals surface area contributed by atoms with Crippen molar-refractivity contribution in [2.24, 2.45) is 0 Å². The van der Waals surface area contributed by atoms with Crippen molar-refractivity contribution in [3.05, 3.63) is 42.0 Å². The second-order valence-corrected chi connectivity index (χ2v) is 3.47. The molecule has 0 heterocycles. The maximum atomic E-state index is 10.6. The molecule has 0 atom stereocenters. The van der Waals surface area contributed by atoms with E-state index in [1.807, 2.05) is 18.2 Å². The van der Waals surface area contributed by atoms with Crippen LogP contribution >= 0.6 is 0 Å². The molecule has 0 amide bonds. The van der Waals surface area contributed by atoms with E-state index in [-0.39, 0.29) is 5.78 Å². The lowest BCUT2D eigenvalue weighted by Gasteiger charge is -1.97. The molecule has 0 aromatic heterocycles. The molecular formula is C13H17NO. The van der Waals surface area contributed by atoms with Crippen molar-refractivity contribution in [1.82, 2.24) is 5.32 Å². The number of benzene rings is 1. The van der Waals surface area contributed by atoms with Gasteiger partial charge in [0.05, 0.1) is 0 Å². The van der Waals surface area contributed by atoms with Gasteiger partial charge in [0.1, 0.15) is 5.78 Å². The molecule has 1 N–H and O–H groups in total. The predicted molar refractivity (Wildman–Crippen MR) is 63.6 cm³/mol. The number of carbonyl (C=O) groups is 1. The minimum absolute atomic E-state index is 0.231. The van der Waals surface area contributed by atoms with Crippen molar-refractivity contribution >= 4 is 11.9 Å². The smallest absolute Gasteiger partial charge is 0.131 e. The SMILES string of the molecule is CC(=O)CCNCC=Cc1ccccc1. The van der Waals surface area contributed by atoms with Crippen molar-refractivity contribution in [3.8, 4) is 0 Å². The molecule has 0 saturated carbocycles. The summed E-state index contributed by atoms with van der Waals surface area (Å²) in [6, 6.07) is 10.2. The van der Waals surface area contributed by atoms with Crippen LogP contribution in [0.4, 0.5) is 0 Å². The van der Waals surface area contributed by atoms with E-state index in [0.717, 1.165) is 13.1 Å². The maximum absolute atomic E-state index is 10.6. The number of ketones is 1. The molecule has 1 aromatic rings. The molecule has 0 aliphatic carbocycles. The van der Waals surface area contributed by atoms with Gasteiger partial charge in [-0.3, -0.25) is 4.79 Å². The van der Waals surface area contributed by atoms with Crippen LogP contribution in [0.2, 0.25) is 0 Å². The van der Waals surface area contributed by atoms with Gasteiger partial charge in [0.25, 0.3) is 0 Å². The van der Waals surface area contributed by atoms with E-state index in [1.165, 1.54) is 5.56 Å². The molecule has 0 aliphatic heterocycles. The summed E-state index contributed by atoms with van der Waals surface area (Å²) in [6.45, 7) is 3.18. The summed E-state index contributed by atoms with van der Waals surface area (Å²) in [6.07, 6.45) is 4.75. The van der Waals surface area contributed by atoms with Crippen molar-refractivity contribution in [2.75, 3.05) is 13.1 Å². The van der Waals surface area contributed by atoms with Gasteiger partial charge in [-0.25, -0.2) is 0 Å². The fraction of sp³-hybridized carbons (Fsp3) is 0.308. The number of rotatable bonds is 6. The van der Waals surface area contributed by atoms with E-state index in [2.05, 4.69) is 29.6 Å². The Labute approximate surface area is 91.0 Å². The van der Waals surface area contributed by atoms with Gasteiger partial charge in [0.2, 0.25) is 0 Å². The lowest BCUT2D eigenvalue weighted by atomic mass is 10.2. The Morgan fingerprint density at radius 3 is 2.73 bits per heavy atom. The van der Waals surface area contributed by atoms with Crippen molar-refractivity contribution in [2.45, 2.75) is 13.3 Å². The second-order valence-electron chi connectivity index (χ2n) is 3.47. The maximum Gasteiger partial charge on any atom is 0.131 e. The topological polar surface area (TPSA) is 29.1 Å². The summed E-state index contributed by atoms with van der Waals surface area (Å²) in [5, 5.41) is 3.18. The summed E-state index contributed by atoms with van der Waals surface area (Å²) in [4.78, 5) is 10.6. The third kappa shape index (κ3) is 5.81. The normalized spacial score (nSPS) is 10.7. The van der Waals surface area contributed by atoms with Gasteiger partial charge in [-0.15, -0.1) is 0 Å². The Kier molecular flexibility index (Phi) is 5.41. The van der Waals surface area contributed by atoms with Gasteiger partial charge in [0, 0.05) is 19.5 Å². The van der Waals surface area contributed by atoms with E-state index < -0.39 is 0 Å². The van der Waals surface area contributed by atoms with Crippen LogP contribution in [-0.4, -0.2) is 18.9 Å². The van der Waals surface area contributed by atoms with Crippen LogP contribution in [0.15, 0.2) is 36.4 Å². The zero-order valence-corrected chi connectivity index (χ0v) is 9.07. The highest BCUT2D eigenvalue weighted by atomic mass is 16.1. The monoisotopic (exact) mass is 203 g/mol. The van der Waals surface area contributed by atoms with Crippen LogP contribution in [0.3, 0.4) is 0 Å². The highest BCUT2D eigenvalue weighted by Gasteiger charge is 1.90. The summed E-state index contributed by atoms with van der Waals surface area (Å²) in [5.41, 5.74) is 1.20. The van der Waals surface area contributed by atoms with E-state index in [1.54, 1.807) is 6.92 Å². The zero-order valence-electron chi connectivity index (χ0n) is 9.07. The van der Waals surface area contributed by atoms with Gasteiger partial charge in [0.15, 0.2) is 0 Å². The highest BCUT2D eigenvalue weighted by molar-refractivity contribution is 5.75. The van der Waals surface area contributed by atoms with Crippen LogP contribution in [0.25, 0.3) is 6.08 Å².